The van der Waals surface area contributed by atoms with Crippen LogP contribution in [0.15, 0.2) is 27.9 Å². The summed E-state index contributed by atoms with van der Waals surface area (Å²) in [6, 6.07) is 0. The van der Waals surface area contributed by atoms with Gasteiger partial charge in [0, 0.05) is 11.1 Å². The highest BCUT2D eigenvalue weighted by molar-refractivity contribution is 5.35. The molecule has 0 aliphatic heterocycles. The molecule has 0 atom stereocenters. The number of nitrogens with zero attached hydrogens (tertiary/aromatic N) is 1. The second-order valence-electron chi connectivity index (χ2n) is 5.46. The second kappa shape index (κ2) is 5.29. The SMILES string of the molecule is C=N/C(=C\C(C)=C(/C)C(C)C)C(C)(C)C. The molecule has 15 heavy (non-hydrogen) atoms. The fourth-order valence-electron chi connectivity index (χ4n) is 1.27. The smallest absolute Gasteiger partial charge is 0.0452 e. The van der Waals surface area contributed by atoms with Crippen LogP contribution in [0.2, 0.25) is 0 Å². The van der Waals surface area contributed by atoms with Crippen LogP contribution in [0, 0.1) is 11.3 Å². The summed E-state index contributed by atoms with van der Waals surface area (Å²) in [6.45, 7) is 18.9. The van der Waals surface area contributed by atoms with Crippen molar-refractivity contribution >= 4 is 6.72 Å². The Morgan fingerprint density at radius 2 is 1.67 bits per heavy atom. The Hall–Kier alpha value is -0.850. The fraction of sp³-hybridized carbons (Fsp3) is 0.643. The van der Waals surface area contributed by atoms with Gasteiger partial charge in [0.25, 0.3) is 0 Å². The van der Waals surface area contributed by atoms with Crippen molar-refractivity contribution < 1.29 is 0 Å². The molecule has 0 N–H and O–H groups in total. The Bertz CT molecular complexity index is 285. The maximum absolute atomic E-state index is 4.12. The molecule has 1 nitrogen and oxygen atoms in total. The zero-order valence-electron chi connectivity index (χ0n) is 11.3. The molecule has 1 heteroatoms. The van der Waals surface area contributed by atoms with Gasteiger partial charge in [0.1, 0.15) is 0 Å². The van der Waals surface area contributed by atoms with Crippen LogP contribution in [0.1, 0.15) is 48.5 Å². The third-order valence-corrected chi connectivity index (χ3v) is 2.78. The molecule has 0 amide bonds. The third-order valence-electron chi connectivity index (χ3n) is 2.78. The molecule has 0 unspecified atom stereocenters. The van der Waals surface area contributed by atoms with Crippen LogP contribution in [0.5, 0.6) is 0 Å². The van der Waals surface area contributed by atoms with Gasteiger partial charge in [0.15, 0.2) is 0 Å². The molecule has 0 spiro atoms. The van der Waals surface area contributed by atoms with E-state index in [1.54, 1.807) is 0 Å². The van der Waals surface area contributed by atoms with Crippen molar-refractivity contribution in [2.75, 3.05) is 0 Å². The first-order valence-electron chi connectivity index (χ1n) is 5.56. The summed E-state index contributed by atoms with van der Waals surface area (Å²) in [5.41, 5.74) is 3.85. The number of rotatable bonds is 3. The van der Waals surface area contributed by atoms with Crippen LogP contribution >= 0.6 is 0 Å². The maximum Gasteiger partial charge on any atom is 0.0452 e. The molecular weight excluding hydrogens is 182 g/mol. The number of hydrogen-bond donors (Lipinski definition) is 0. The van der Waals surface area contributed by atoms with E-state index >= 15 is 0 Å². The van der Waals surface area contributed by atoms with Crippen molar-refractivity contribution in [2.24, 2.45) is 16.3 Å². The summed E-state index contributed by atoms with van der Waals surface area (Å²) in [5.74, 6) is 0.590. The lowest BCUT2D eigenvalue weighted by Crippen LogP contribution is -2.08. The van der Waals surface area contributed by atoms with Gasteiger partial charge >= 0.3 is 0 Å². The second-order valence-corrected chi connectivity index (χ2v) is 5.46. The van der Waals surface area contributed by atoms with Crippen molar-refractivity contribution in [3.63, 3.8) is 0 Å². The minimum atomic E-state index is 0.0697. The van der Waals surface area contributed by atoms with E-state index in [1.807, 2.05) is 0 Å². The van der Waals surface area contributed by atoms with Gasteiger partial charge in [0.2, 0.25) is 0 Å². The Labute approximate surface area is 95.0 Å². The lowest BCUT2D eigenvalue weighted by atomic mass is 9.89. The Balaban J connectivity index is 5.19. The molecule has 0 saturated heterocycles. The highest BCUT2D eigenvalue weighted by Crippen LogP contribution is 2.28. The van der Waals surface area contributed by atoms with E-state index < -0.39 is 0 Å². The summed E-state index contributed by atoms with van der Waals surface area (Å²) in [7, 11) is 0. The highest BCUT2D eigenvalue weighted by Gasteiger charge is 2.15. The number of hydrogen-bond acceptors (Lipinski definition) is 1. The first kappa shape index (κ1) is 14.2. The topological polar surface area (TPSA) is 12.4 Å². The van der Waals surface area contributed by atoms with Crippen molar-refractivity contribution in [1.82, 2.24) is 0 Å². The van der Waals surface area contributed by atoms with Gasteiger partial charge in [0.05, 0.1) is 0 Å². The van der Waals surface area contributed by atoms with E-state index in [0.29, 0.717) is 5.92 Å². The van der Waals surface area contributed by atoms with Gasteiger partial charge in [-0.3, -0.25) is 4.99 Å². The summed E-state index contributed by atoms with van der Waals surface area (Å²) < 4.78 is 0. The first-order chi connectivity index (χ1) is 6.70. The lowest BCUT2D eigenvalue weighted by molar-refractivity contribution is 0.498. The molecule has 0 heterocycles. The average Bonchev–Trinajstić information content (AvgIpc) is 2.10. The molecule has 0 aliphatic carbocycles. The van der Waals surface area contributed by atoms with E-state index in [9.17, 15) is 0 Å². The summed E-state index contributed by atoms with van der Waals surface area (Å²) in [5, 5.41) is 0. The van der Waals surface area contributed by atoms with Gasteiger partial charge < -0.3 is 0 Å². The van der Waals surface area contributed by atoms with Crippen LogP contribution in [-0.2, 0) is 0 Å². The van der Waals surface area contributed by atoms with E-state index in [2.05, 4.69) is 66.3 Å². The number of allylic oxidation sites excluding steroid dienone is 4. The molecule has 0 fully saturated rings. The first-order valence-corrected chi connectivity index (χ1v) is 5.56. The molecule has 0 aliphatic rings. The highest BCUT2D eigenvalue weighted by atomic mass is 14.7. The molecule has 0 radical (unpaired) electrons. The third kappa shape index (κ3) is 4.46. The van der Waals surface area contributed by atoms with Gasteiger partial charge in [-0.15, -0.1) is 0 Å². The van der Waals surface area contributed by atoms with Crippen molar-refractivity contribution in [1.29, 1.82) is 0 Å². The lowest BCUT2D eigenvalue weighted by Gasteiger charge is -2.19. The van der Waals surface area contributed by atoms with Gasteiger partial charge in [-0.25, -0.2) is 0 Å². The van der Waals surface area contributed by atoms with Crippen molar-refractivity contribution in [3.05, 3.63) is 22.9 Å². The van der Waals surface area contributed by atoms with E-state index in [4.69, 9.17) is 0 Å². The van der Waals surface area contributed by atoms with Crippen LogP contribution in [0.25, 0.3) is 0 Å². The largest absolute Gasteiger partial charge is 0.269 e. The minimum absolute atomic E-state index is 0.0697. The van der Waals surface area contributed by atoms with Gasteiger partial charge in [-0.05, 0) is 32.6 Å². The molecule has 0 aromatic rings. The summed E-state index contributed by atoms with van der Waals surface area (Å²) >= 11 is 0. The molecule has 0 aromatic heterocycles. The summed E-state index contributed by atoms with van der Waals surface area (Å²) in [4.78, 5) is 4.12. The Morgan fingerprint density at radius 1 is 1.20 bits per heavy atom. The Morgan fingerprint density at radius 3 is 1.93 bits per heavy atom. The standard InChI is InChI=1S/C14H25N/c1-10(2)12(4)11(3)9-13(15-8)14(5,6)7/h9-10H,8H2,1-7H3/b12-11+,13-9-. The predicted molar refractivity (Wildman–Crippen MR) is 70.3 cm³/mol. The zero-order valence-corrected chi connectivity index (χ0v) is 11.3. The van der Waals surface area contributed by atoms with E-state index in [1.165, 1.54) is 11.1 Å². The molecular formula is C14H25N. The fourth-order valence-corrected chi connectivity index (χ4v) is 1.27. The van der Waals surface area contributed by atoms with E-state index in [-0.39, 0.29) is 5.41 Å². The average molecular weight is 207 g/mol. The normalized spacial score (nSPS) is 15.3. The van der Waals surface area contributed by atoms with E-state index in [0.717, 1.165) is 5.70 Å². The van der Waals surface area contributed by atoms with Crippen LogP contribution < -0.4 is 0 Å². The molecule has 0 aromatic carbocycles. The van der Waals surface area contributed by atoms with Crippen molar-refractivity contribution in [3.8, 4) is 0 Å². The molecule has 0 bridgehead atoms. The van der Waals surface area contributed by atoms with Crippen molar-refractivity contribution in [2.45, 2.75) is 48.5 Å². The van der Waals surface area contributed by atoms with Gasteiger partial charge in [-0.2, -0.15) is 0 Å². The molecule has 0 saturated carbocycles. The predicted octanol–water partition coefficient (Wildman–Crippen LogP) is 4.61. The molecule has 0 rings (SSSR count). The monoisotopic (exact) mass is 207 g/mol. The van der Waals surface area contributed by atoms with Crippen LogP contribution in [-0.4, -0.2) is 6.72 Å². The zero-order chi connectivity index (χ0) is 12.2. The van der Waals surface area contributed by atoms with Gasteiger partial charge in [-0.1, -0.05) is 45.8 Å². The Kier molecular flexibility index (Phi) is 4.99. The summed E-state index contributed by atoms with van der Waals surface area (Å²) in [6.07, 6.45) is 2.16. The van der Waals surface area contributed by atoms with Crippen LogP contribution in [0.4, 0.5) is 0 Å². The maximum atomic E-state index is 4.12. The molecule has 86 valence electrons. The minimum Gasteiger partial charge on any atom is -0.269 e. The van der Waals surface area contributed by atoms with Crippen LogP contribution in [0.3, 0.4) is 0 Å². The number of aliphatic imine (C=N–C) groups is 1. The quantitative estimate of drug-likeness (QED) is 0.473.